The molecule has 4 nitrogen and oxygen atoms in total. The van der Waals surface area contributed by atoms with Crippen LogP contribution in [-0.4, -0.2) is 36.7 Å². The van der Waals surface area contributed by atoms with Crippen LogP contribution in [0.5, 0.6) is 0 Å². The molecule has 1 fully saturated rings. The summed E-state index contributed by atoms with van der Waals surface area (Å²) in [6.45, 7) is 5.03. The quantitative estimate of drug-likeness (QED) is 0.346. The molecule has 0 amide bonds. The fourth-order valence-corrected chi connectivity index (χ4v) is 1.94. The molecule has 1 atom stereocenters. The van der Waals surface area contributed by atoms with Crippen molar-refractivity contribution in [2.75, 3.05) is 19.6 Å². The first-order valence-corrected chi connectivity index (χ1v) is 6.17. The van der Waals surface area contributed by atoms with E-state index in [0.29, 0.717) is 31.4 Å². The maximum atomic E-state index is 12.7. The summed E-state index contributed by atoms with van der Waals surface area (Å²) < 4.78 is 38.0. The average Bonchev–Trinajstić information content (AvgIpc) is 2.29. The molecule has 1 aliphatic rings. The number of nitrogens with zero attached hydrogens (tertiary/aromatic N) is 2. The number of rotatable bonds is 2. The second kappa shape index (κ2) is 6.26. The van der Waals surface area contributed by atoms with E-state index in [9.17, 15) is 13.2 Å². The van der Waals surface area contributed by atoms with Gasteiger partial charge in [-0.15, -0.1) is 0 Å². The normalized spacial score (nSPS) is 22.5. The summed E-state index contributed by atoms with van der Waals surface area (Å²) in [5.74, 6) is 4.76. The highest BCUT2D eigenvalue weighted by Crippen LogP contribution is 2.33. The first-order chi connectivity index (χ1) is 8.34. The Labute approximate surface area is 105 Å². The van der Waals surface area contributed by atoms with Crippen molar-refractivity contribution in [3.8, 4) is 0 Å². The zero-order valence-electron chi connectivity index (χ0n) is 10.8. The third kappa shape index (κ3) is 4.36. The van der Waals surface area contributed by atoms with Gasteiger partial charge in [0.25, 0.3) is 0 Å². The molecule has 0 aromatic rings. The molecule has 0 aromatic heterocycles. The number of nitrogens with two attached hydrogens (primary N) is 1. The summed E-state index contributed by atoms with van der Waals surface area (Å²) in [4.78, 5) is 5.81. The number of hydrazine groups is 1. The molecule has 18 heavy (non-hydrogen) atoms. The van der Waals surface area contributed by atoms with Crippen molar-refractivity contribution < 1.29 is 13.2 Å². The van der Waals surface area contributed by atoms with Crippen LogP contribution < -0.4 is 11.3 Å². The highest BCUT2D eigenvalue weighted by molar-refractivity contribution is 5.79. The van der Waals surface area contributed by atoms with E-state index in [2.05, 4.69) is 10.4 Å². The van der Waals surface area contributed by atoms with Crippen LogP contribution in [-0.2, 0) is 0 Å². The number of aliphatic imine (C=N–C) groups is 1. The number of alkyl halides is 3. The van der Waals surface area contributed by atoms with E-state index in [1.165, 1.54) is 0 Å². The lowest BCUT2D eigenvalue weighted by atomic mass is 9.98. The van der Waals surface area contributed by atoms with Crippen LogP contribution >= 0.6 is 0 Å². The van der Waals surface area contributed by atoms with Crippen LogP contribution in [0.25, 0.3) is 0 Å². The van der Waals surface area contributed by atoms with Crippen molar-refractivity contribution in [3.05, 3.63) is 0 Å². The van der Waals surface area contributed by atoms with E-state index in [0.717, 1.165) is 0 Å². The number of guanidine groups is 1. The highest BCUT2D eigenvalue weighted by atomic mass is 19.4. The van der Waals surface area contributed by atoms with Gasteiger partial charge in [0.2, 0.25) is 5.96 Å². The van der Waals surface area contributed by atoms with Gasteiger partial charge >= 0.3 is 6.18 Å². The van der Waals surface area contributed by atoms with Crippen molar-refractivity contribution in [2.24, 2.45) is 22.7 Å². The van der Waals surface area contributed by atoms with Gasteiger partial charge in [-0.05, 0) is 18.8 Å². The smallest absolute Gasteiger partial charge is 0.341 e. The lowest BCUT2D eigenvalue weighted by Gasteiger charge is -2.35. The number of hydrogen-bond acceptors (Lipinski definition) is 2. The molecule has 1 heterocycles. The predicted octanol–water partition coefficient (Wildman–Crippen LogP) is 1.74. The number of piperidine rings is 1. The van der Waals surface area contributed by atoms with E-state index < -0.39 is 12.1 Å². The molecular weight excluding hydrogens is 245 g/mol. The predicted molar refractivity (Wildman–Crippen MR) is 64.8 cm³/mol. The maximum absolute atomic E-state index is 12.7. The van der Waals surface area contributed by atoms with Crippen molar-refractivity contribution in [3.63, 3.8) is 0 Å². The molecular formula is C11H21F3N4. The van der Waals surface area contributed by atoms with Gasteiger partial charge in [-0.2, -0.15) is 13.2 Å². The third-order valence-corrected chi connectivity index (χ3v) is 2.92. The van der Waals surface area contributed by atoms with E-state index in [-0.39, 0.29) is 13.0 Å². The molecule has 0 spiro atoms. The van der Waals surface area contributed by atoms with Crippen LogP contribution in [0.15, 0.2) is 4.99 Å². The molecule has 0 aromatic carbocycles. The summed E-state index contributed by atoms with van der Waals surface area (Å²) >= 11 is 0. The Morgan fingerprint density at radius 3 is 2.67 bits per heavy atom. The summed E-state index contributed by atoms with van der Waals surface area (Å²) in [5.41, 5.74) is 2.41. The first-order valence-electron chi connectivity index (χ1n) is 6.17. The van der Waals surface area contributed by atoms with Gasteiger partial charge in [-0.1, -0.05) is 13.8 Å². The minimum Gasteiger partial charge on any atom is -0.341 e. The van der Waals surface area contributed by atoms with Crippen molar-refractivity contribution in [1.29, 1.82) is 0 Å². The summed E-state index contributed by atoms with van der Waals surface area (Å²) in [6.07, 6.45) is -3.45. The van der Waals surface area contributed by atoms with E-state index in [1.807, 2.05) is 13.8 Å². The van der Waals surface area contributed by atoms with Gasteiger partial charge in [0.1, 0.15) is 0 Å². The Balaban J connectivity index is 2.66. The molecule has 0 bridgehead atoms. The Bertz CT molecular complexity index is 289. The first kappa shape index (κ1) is 15.1. The fraction of sp³-hybridized carbons (Fsp3) is 0.909. The van der Waals surface area contributed by atoms with Crippen molar-refractivity contribution >= 4 is 5.96 Å². The number of hydrogen-bond donors (Lipinski definition) is 2. The molecule has 1 unspecified atom stereocenters. The van der Waals surface area contributed by atoms with Crippen LogP contribution in [0.2, 0.25) is 0 Å². The monoisotopic (exact) mass is 266 g/mol. The van der Waals surface area contributed by atoms with Crippen LogP contribution in [0.3, 0.4) is 0 Å². The molecule has 3 N–H and O–H groups in total. The summed E-state index contributed by atoms with van der Waals surface area (Å²) in [6, 6.07) is 0. The Kier molecular flexibility index (Phi) is 5.25. The second-order valence-electron chi connectivity index (χ2n) is 5.03. The topological polar surface area (TPSA) is 53.6 Å². The van der Waals surface area contributed by atoms with Crippen LogP contribution in [0.1, 0.15) is 26.7 Å². The fourth-order valence-electron chi connectivity index (χ4n) is 1.94. The highest BCUT2D eigenvalue weighted by Gasteiger charge is 2.42. The van der Waals surface area contributed by atoms with Gasteiger partial charge in [0, 0.05) is 19.6 Å². The Morgan fingerprint density at radius 1 is 1.50 bits per heavy atom. The maximum Gasteiger partial charge on any atom is 0.393 e. The van der Waals surface area contributed by atoms with Gasteiger partial charge in [0.15, 0.2) is 0 Å². The number of halogens is 3. The van der Waals surface area contributed by atoms with Gasteiger partial charge in [-0.25, -0.2) is 5.84 Å². The number of nitrogens with one attached hydrogen (secondary N) is 1. The SMILES string of the molecule is CC(C)CN=C(NN)N1CCCC(C(F)(F)F)C1. The standard InChI is InChI=1S/C11H21F3N4/c1-8(2)6-16-10(17-15)18-5-3-4-9(7-18)11(12,13)14/h8-9H,3-7,15H2,1-2H3,(H,16,17). The largest absolute Gasteiger partial charge is 0.393 e. The van der Waals surface area contributed by atoms with Crippen molar-refractivity contribution in [1.82, 2.24) is 10.3 Å². The van der Waals surface area contributed by atoms with Crippen LogP contribution in [0.4, 0.5) is 13.2 Å². The van der Waals surface area contributed by atoms with Gasteiger partial charge < -0.3 is 4.90 Å². The van der Waals surface area contributed by atoms with E-state index in [4.69, 9.17) is 5.84 Å². The van der Waals surface area contributed by atoms with Gasteiger partial charge in [-0.3, -0.25) is 10.4 Å². The lowest BCUT2D eigenvalue weighted by molar-refractivity contribution is -0.183. The molecule has 1 aliphatic heterocycles. The molecule has 0 saturated carbocycles. The molecule has 106 valence electrons. The van der Waals surface area contributed by atoms with Crippen LogP contribution in [0, 0.1) is 11.8 Å². The third-order valence-electron chi connectivity index (χ3n) is 2.92. The Morgan fingerprint density at radius 2 is 2.17 bits per heavy atom. The molecule has 1 saturated heterocycles. The molecule has 0 radical (unpaired) electrons. The second-order valence-corrected chi connectivity index (χ2v) is 5.03. The van der Waals surface area contributed by atoms with E-state index in [1.54, 1.807) is 4.90 Å². The average molecular weight is 266 g/mol. The molecule has 1 rings (SSSR count). The minimum atomic E-state index is -4.14. The zero-order valence-corrected chi connectivity index (χ0v) is 10.8. The van der Waals surface area contributed by atoms with Crippen molar-refractivity contribution in [2.45, 2.75) is 32.9 Å². The Hall–Kier alpha value is -0.980. The minimum absolute atomic E-state index is 0.0649. The van der Waals surface area contributed by atoms with E-state index >= 15 is 0 Å². The van der Waals surface area contributed by atoms with Gasteiger partial charge in [0.05, 0.1) is 5.92 Å². The summed E-state index contributed by atoms with van der Waals surface area (Å²) in [7, 11) is 0. The zero-order chi connectivity index (χ0) is 13.8. The lowest BCUT2D eigenvalue weighted by Crippen LogP contribution is -2.51. The molecule has 7 heteroatoms. The molecule has 0 aliphatic carbocycles. The number of likely N-dealkylation sites (tertiary alicyclic amines) is 1. The summed E-state index contributed by atoms with van der Waals surface area (Å²) in [5, 5.41) is 0.